The van der Waals surface area contributed by atoms with Gasteiger partial charge in [0.05, 0.1) is 18.0 Å². The molecule has 1 saturated heterocycles. The normalized spacial score (nSPS) is 14.7. The second-order valence-corrected chi connectivity index (χ2v) is 8.06. The van der Waals surface area contributed by atoms with Crippen molar-refractivity contribution in [2.45, 2.75) is 44.8 Å². The second-order valence-electron chi connectivity index (χ2n) is 7.12. The number of carbonyl (C=O) groups excluding carboxylic acids is 2. The van der Waals surface area contributed by atoms with Crippen molar-refractivity contribution in [2.75, 3.05) is 25.4 Å². The molecule has 1 fully saturated rings. The van der Waals surface area contributed by atoms with Crippen LogP contribution in [0.15, 0.2) is 35.7 Å². The third-order valence-corrected chi connectivity index (χ3v) is 6.13. The number of aromatic nitrogens is 2. The van der Waals surface area contributed by atoms with Crippen LogP contribution in [0.2, 0.25) is 0 Å². The SMILES string of the molecule is CCOC(=O)N1CCC(NC(=O)CSc2nccn2-c2cccc(C)c2C)CC1. The fraction of sp³-hybridized carbons (Fsp3) is 0.476. The summed E-state index contributed by atoms with van der Waals surface area (Å²) >= 11 is 1.43. The molecule has 29 heavy (non-hydrogen) atoms. The van der Waals surface area contributed by atoms with E-state index in [4.69, 9.17) is 4.74 Å². The Kier molecular flexibility index (Phi) is 7.19. The summed E-state index contributed by atoms with van der Waals surface area (Å²) in [5.74, 6) is 0.292. The number of ether oxygens (including phenoxy) is 1. The van der Waals surface area contributed by atoms with E-state index < -0.39 is 0 Å². The molecular weight excluding hydrogens is 388 g/mol. The molecule has 1 N–H and O–H groups in total. The molecule has 2 amide bonds. The van der Waals surface area contributed by atoms with E-state index in [1.54, 1.807) is 18.0 Å². The molecule has 0 unspecified atom stereocenters. The van der Waals surface area contributed by atoms with Gasteiger partial charge < -0.3 is 15.0 Å². The van der Waals surface area contributed by atoms with Crippen LogP contribution >= 0.6 is 11.8 Å². The monoisotopic (exact) mass is 416 g/mol. The number of nitrogens with zero attached hydrogens (tertiary/aromatic N) is 3. The lowest BCUT2D eigenvalue weighted by Crippen LogP contribution is -2.47. The van der Waals surface area contributed by atoms with Gasteiger partial charge in [-0.2, -0.15) is 0 Å². The number of hydrogen-bond donors (Lipinski definition) is 1. The summed E-state index contributed by atoms with van der Waals surface area (Å²) in [6, 6.07) is 6.27. The average molecular weight is 417 g/mol. The molecule has 1 aliphatic rings. The Morgan fingerprint density at radius 2 is 2.03 bits per heavy atom. The van der Waals surface area contributed by atoms with E-state index in [-0.39, 0.29) is 18.0 Å². The molecule has 156 valence electrons. The maximum absolute atomic E-state index is 12.4. The second kappa shape index (κ2) is 9.82. The number of imidazole rings is 1. The molecule has 7 nitrogen and oxygen atoms in total. The van der Waals surface area contributed by atoms with Gasteiger partial charge in [-0.3, -0.25) is 9.36 Å². The standard InChI is InChI=1S/C21H28N4O3S/c1-4-28-21(27)24-11-8-17(9-12-24)23-19(26)14-29-20-22-10-13-25(20)18-7-5-6-15(2)16(18)3/h5-7,10,13,17H,4,8-9,11-12,14H2,1-3H3,(H,23,26). The maximum atomic E-state index is 12.4. The minimum atomic E-state index is -0.272. The van der Waals surface area contributed by atoms with E-state index >= 15 is 0 Å². The molecule has 0 aliphatic carbocycles. The summed E-state index contributed by atoms with van der Waals surface area (Å²) in [5.41, 5.74) is 3.50. The van der Waals surface area contributed by atoms with E-state index in [0.717, 1.165) is 23.7 Å². The van der Waals surface area contributed by atoms with Crippen LogP contribution in [-0.4, -0.2) is 57.9 Å². The fourth-order valence-corrected chi connectivity index (χ4v) is 4.17. The summed E-state index contributed by atoms with van der Waals surface area (Å²) in [6.45, 7) is 7.57. The number of carbonyl (C=O) groups is 2. The first-order chi connectivity index (χ1) is 14.0. The first-order valence-corrected chi connectivity index (χ1v) is 10.9. The van der Waals surface area contributed by atoms with Crippen molar-refractivity contribution in [1.29, 1.82) is 0 Å². The number of thioether (sulfide) groups is 1. The van der Waals surface area contributed by atoms with Crippen LogP contribution in [0.1, 0.15) is 30.9 Å². The van der Waals surface area contributed by atoms with Gasteiger partial charge in [-0.1, -0.05) is 23.9 Å². The predicted molar refractivity (Wildman–Crippen MR) is 114 cm³/mol. The van der Waals surface area contributed by atoms with Gasteiger partial charge in [-0.05, 0) is 50.8 Å². The van der Waals surface area contributed by atoms with Crippen molar-refractivity contribution < 1.29 is 14.3 Å². The van der Waals surface area contributed by atoms with E-state index in [2.05, 4.69) is 36.3 Å². The minimum Gasteiger partial charge on any atom is -0.450 e. The third kappa shape index (κ3) is 5.32. The predicted octanol–water partition coefficient (Wildman–Crippen LogP) is 3.32. The number of aryl methyl sites for hydroxylation is 1. The number of amides is 2. The van der Waals surface area contributed by atoms with Gasteiger partial charge >= 0.3 is 6.09 Å². The summed E-state index contributed by atoms with van der Waals surface area (Å²) < 4.78 is 7.05. The number of likely N-dealkylation sites (tertiary alicyclic amines) is 1. The summed E-state index contributed by atoms with van der Waals surface area (Å²) in [4.78, 5) is 30.3. The summed E-state index contributed by atoms with van der Waals surface area (Å²) in [5, 5.41) is 3.87. The Morgan fingerprint density at radius 1 is 1.28 bits per heavy atom. The summed E-state index contributed by atoms with van der Waals surface area (Å²) in [6.07, 6.45) is 4.89. The highest BCUT2D eigenvalue weighted by atomic mass is 32.2. The van der Waals surface area contributed by atoms with Crippen molar-refractivity contribution in [3.8, 4) is 5.69 Å². The number of rotatable bonds is 6. The lowest BCUT2D eigenvalue weighted by molar-refractivity contribution is -0.119. The quantitative estimate of drug-likeness (QED) is 0.731. The van der Waals surface area contributed by atoms with Crippen molar-refractivity contribution in [3.63, 3.8) is 0 Å². The average Bonchev–Trinajstić information content (AvgIpc) is 3.17. The van der Waals surface area contributed by atoms with Crippen LogP contribution in [0, 0.1) is 13.8 Å². The molecule has 0 saturated carbocycles. The Bertz CT molecular complexity index is 859. The highest BCUT2D eigenvalue weighted by molar-refractivity contribution is 7.99. The molecule has 1 aromatic heterocycles. The van der Waals surface area contributed by atoms with E-state index in [1.165, 1.54) is 22.9 Å². The molecule has 1 aromatic carbocycles. The lowest BCUT2D eigenvalue weighted by atomic mass is 10.1. The van der Waals surface area contributed by atoms with Crippen molar-refractivity contribution in [1.82, 2.24) is 19.8 Å². The maximum Gasteiger partial charge on any atom is 0.409 e. The molecule has 3 rings (SSSR count). The van der Waals surface area contributed by atoms with E-state index in [0.29, 0.717) is 25.4 Å². The van der Waals surface area contributed by atoms with Gasteiger partial charge in [0.1, 0.15) is 0 Å². The Labute approximate surface area is 175 Å². The topological polar surface area (TPSA) is 76.5 Å². The zero-order valence-electron chi connectivity index (χ0n) is 17.2. The fourth-order valence-electron chi connectivity index (χ4n) is 3.40. The Balaban J connectivity index is 1.51. The molecule has 1 aliphatic heterocycles. The van der Waals surface area contributed by atoms with Gasteiger partial charge in [0.15, 0.2) is 5.16 Å². The number of nitrogens with one attached hydrogen (secondary N) is 1. The number of benzene rings is 1. The van der Waals surface area contributed by atoms with Gasteiger partial charge in [0.25, 0.3) is 0 Å². The van der Waals surface area contributed by atoms with Crippen LogP contribution in [0.4, 0.5) is 4.79 Å². The van der Waals surface area contributed by atoms with E-state index in [9.17, 15) is 9.59 Å². The van der Waals surface area contributed by atoms with Gasteiger partial charge in [0.2, 0.25) is 5.91 Å². The van der Waals surface area contributed by atoms with Gasteiger partial charge in [-0.25, -0.2) is 9.78 Å². The van der Waals surface area contributed by atoms with Crippen molar-refractivity contribution >= 4 is 23.8 Å². The Morgan fingerprint density at radius 3 is 2.76 bits per heavy atom. The molecule has 0 spiro atoms. The molecule has 2 heterocycles. The molecule has 0 atom stereocenters. The van der Waals surface area contributed by atoms with Crippen LogP contribution in [0.5, 0.6) is 0 Å². The van der Waals surface area contributed by atoms with Crippen LogP contribution in [0.3, 0.4) is 0 Å². The zero-order chi connectivity index (χ0) is 20.8. The van der Waals surface area contributed by atoms with E-state index in [1.807, 2.05) is 16.8 Å². The lowest BCUT2D eigenvalue weighted by Gasteiger charge is -2.31. The van der Waals surface area contributed by atoms with Gasteiger partial charge in [0, 0.05) is 31.5 Å². The van der Waals surface area contributed by atoms with Crippen LogP contribution in [0.25, 0.3) is 5.69 Å². The smallest absolute Gasteiger partial charge is 0.409 e. The molecule has 2 aromatic rings. The minimum absolute atomic E-state index is 0.0138. The molecule has 8 heteroatoms. The number of piperidine rings is 1. The third-order valence-electron chi connectivity index (χ3n) is 5.16. The van der Waals surface area contributed by atoms with Gasteiger partial charge in [-0.15, -0.1) is 0 Å². The first kappa shape index (κ1) is 21.2. The Hall–Kier alpha value is -2.48. The van der Waals surface area contributed by atoms with Crippen molar-refractivity contribution in [3.05, 3.63) is 41.7 Å². The highest BCUT2D eigenvalue weighted by Crippen LogP contribution is 2.24. The molecular formula is C21H28N4O3S. The summed E-state index contributed by atoms with van der Waals surface area (Å²) in [7, 11) is 0. The van der Waals surface area contributed by atoms with Crippen LogP contribution in [-0.2, 0) is 9.53 Å². The first-order valence-electron chi connectivity index (χ1n) is 9.93. The number of hydrogen-bond acceptors (Lipinski definition) is 5. The largest absolute Gasteiger partial charge is 0.450 e. The highest BCUT2D eigenvalue weighted by Gasteiger charge is 2.24. The zero-order valence-corrected chi connectivity index (χ0v) is 18.0. The molecule has 0 bridgehead atoms. The van der Waals surface area contributed by atoms with Crippen molar-refractivity contribution in [2.24, 2.45) is 0 Å². The van der Waals surface area contributed by atoms with Crippen LogP contribution < -0.4 is 5.32 Å². The molecule has 0 radical (unpaired) electrons.